The van der Waals surface area contributed by atoms with Crippen LogP contribution >= 0.6 is 0 Å². The Bertz CT molecular complexity index is 191. The van der Waals surface area contributed by atoms with Crippen LogP contribution in [0.4, 0.5) is 0 Å². The highest BCUT2D eigenvalue weighted by Crippen LogP contribution is 2.00. The fourth-order valence-electron chi connectivity index (χ4n) is 1.69. The average molecular weight is 229 g/mol. The van der Waals surface area contributed by atoms with Crippen LogP contribution < -0.4 is 5.73 Å². The maximum absolute atomic E-state index is 11.6. The van der Waals surface area contributed by atoms with E-state index in [-0.39, 0.29) is 12.5 Å². The fraction of sp³-hybridized carbons (Fsp3) is 0.917. The minimum atomic E-state index is 0.0563. The minimum Gasteiger partial charge on any atom is -0.340 e. The van der Waals surface area contributed by atoms with Crippen molar-refractivity contribution in [2.45, 2.75) is 27.7 Å². The molecule has 0 bridgehead atoms. The van der Waals surface area contributed by atoms with Crippen molar-refractivity contribution in [3.05, 3.63) is 0 Å². The molecule has 2 N–H and O–H groups in total. The molecule has 0 heterocycles. The molecule has 0 radical (unpaired) electrons. The predicted octanol–water partition coefficient (Wildman–Crippen LogP) is 0.772. The minimum absolute atomic E-state index is 0.0563. The Balaban J connectivity index is 4.15. The summed E-state index contributed by atoms with van der Waals surface area (Å²) in [5, 5.41) is 0. The molecule has 1 amide bonds. The topological polar surface area (TPSA) is 49.6 Å². The fourth-order valence-corrected chi connectivity index (χ4v) is 1.69. The molecule has 0 spiro atoms. The lowest BCUT2D eigenvalue weighted by Gasteiger charge is -2.27. The van der Waals surface area contributed by atoms with E-state index in [1.54, 1.807) is 0 Å². The van der Waals surface area contributed by atoms with Crippen LogP contribution in [0.3, 0.4) is 0 Å². The Morgan fingerprint density at radius 1 is 1.19 bits per heavy atom. The zero-order valence-corrected chi connectivity index (χ0v) is 11.2. The summed E-state index contributed by atoms with van der Waals surface area (Å²) in [5.74, 6) is 0.549. The largest absolute Gasteiger partial charge is 0.340 e. The molecule has 0 saturated heterocycles. The van der Waals surface area contributed by atoms with Gasteiger partial charge in [0.2, 0.25) is 5.91 Å². The first-order valence-corrected chi connectivity index (χ1v) is 6.25. The molecule has 0 fully saturated rings. The highest BCUT2D eigenvalue weighted by Gasteiger charge is 2.13. The molecule has 0 saturated carbocycles. The van der Waals surface area contributed by atoms with Crippen molar-refractivity contribution in [2.24, 2.45) is 11.7 Å². The number of nitrogens with zero attached hydrogens (tertiary/aromatic N) is 2. The number of hydrogen-bond acceptors (Lipinski definition) is 3. The third-order valence-corrected chi connectivity index (χ3v) is 2.69. The van der Waals surface area contributed by atoms with Crippen molar-refractivity contribution in [3.8, 4) is 0 Å². The monoisotopic (exact) mass is 229 g/mol. The normalized spacial score (nSPS) is 11.2. The van der Waals surface area contributed by atoms with E-state index in [0.717, 1.165) is 32.7 Å². The maximum Gasteiger partial charge on any atom is 0.236 e. The number of hydrogen-bond donors (Lipinski definition) is 1. The molecule has 0 unspecified atom stereocenters. The summed E-state index contributed by atoms with van der Waals surface area (Å²) >= 11 is 0. The van der Waals surface area contributed by atoms with E-state index in [1.165, 1.54) is 0 Å². The number of carbonyl (C=O) groups is 1. The van der Waals surface area contributed by atoms with Crippen LogP contribution in [-0.4, -0.2) is 55.0 Å². The second kappa shape index (κ2) is 8.53. The van der Waals surface area contributed by atoms with Crippen LogP contribution in [0.1, 0.15) is 27.7 Å². The molecule has 0 atom stereocenters. The summed E-state index contributed by atoms with van der Waals surface area (Å²) in [5.41, 5.74) is 5.42. The van der Waals surface area contributed by atoms with E-state index in [1.807, 2.05) is 4.90 Å². The lowest BCUT2D eigenvalue weighted by atomic mass is 10.2. The van der Waals surface area contributed by atoms with Gasteiger partial charge in [-0.15, -0.1) is 0 Å². The van der Waals surface area contributed by atoms with Crippen LogP contribution in [0.2, 0.25) is 0 Å². The van der Waals surface area contributed by atoms with Crippen LogP contribution in [0.5, 0.6) is 0 Å². The predicted molar refractivity (Wildman–Crippen MR) is 68.3 cm³/mol. The van der Waals surface area contributed by atoms with Crippen LogP contribution in [0.25, 0.3) is 0 Å². The van der Waals surface area contributed by atoms with Gasteiger partial charge in [-0.3, -0.25) is 4.79 Å². The first kappa shape index (κ1) is 15.4. The van der Waals surface area contributed by atoms with E-state index < -0.39 is 0 Å². The lowest BCUT2D eigenvalue weighted by Crippen LogP contribution is -2.43. The molecule has 4 nitrogen and oxygen atoms in total. The average Bonchev–Trinajstić information content (AvgIpc) is 2.27. The van der Waals surface area contributed by atoms with Gasteiger partial charge < -0.3 is 15.5 Å². The van der Waals surface area contributed by atoms with E-state index in [9.17, 15) is 4.79 Å². The van der Waals surface area contributed by atoms with Crippen molar-refractivity contribution >= 4 is 5.91 Å². The standard InChI is InChI=1S/C12H27N3O/c1-5-14(6-2)7-8-15(10-11(3)4)12(16)9-13/h11H,5-10,13H2,1-4H3. The molecule has 4 heteroatoms. The van der Waals surface area contributed by atoms with Crippen molar-refractivity contribution in [1.29, 1.82) is 0 Å². The van der Waals surface area contributed by atoms with Crippen LogP contribution in [-0.2, 0) is 4.79 Å². The first-order valence-electron chi connectivity index (χ1n) is 6.25. The van der Waals surface area contributed by atoms with Gasteiger partial charge in [-0.2, -0.15) is 0 Å². The van der Waals surface area contributed by atoms with Gasteiger partial charge in [0, 0.05) is 19.6 Å². The Morgan fingerprint density at radius 2 is 1.75 bits per heavy atom. The van der Waals surface area contributed by atoms with Crippen molar-refractivity contribution in [3.63, 3.8) is 0 Å². The van der Waals surface area contributed by atoms with Gasteiger partial charge in [0.25, 0.3) is 0 Å². The molecule has 0 aromatic rings. The third kappa shape index (κ3) is 6.08. The first-order chi connectivity index (χ1) is 7.54. The molecular formula is C12H27N3O. The summed E-state index contributed by atoms with van der Waals surface area (Å²) in [6.07, 6.45) is 0. The number of likely N-dealkylation sites (N-methyl/N-ethyl adjacent to an activating group) is 1. The Labute approximate surface area is 99.8 Å². The summed E-state index contributed by atoms with van der Waals surface area (Å²) in [7, 11) is 0. The highest BCUT2D eigenvalue weighted by molar-refractivity contribution is 5.78. The summed E-state index contributed by atoms with van der Waals surface area (Å²) < 4.78 is 0. The lowest BCUT2D eigenvalue weighted by molar-refractivity contribution is -0.130. The van der Waals surface area contributed by atoms with Crippen molar-refractivity contribution < 1.29 is 4.79 Å². The molecule has 0 aromatic heterocycles. The molecular weight excluding hydrogens is 202 g/mol. The van der Waals surface area contributed by atoms with Crippen LogP contribution in [0, 0.1) is 5.92 Å². The smallest absolute Gasteiger partial charge is 0.236 e. The number of carbonyl (C=O) groups excluding carboxylic acids is 1. The van der Waals surface area contributed by atoms with Gasteiger partial charge in [-0.25, -0.2) is 0 Å². The SMILES string of the molecule is CCN(CC)CCN(CC(C)C)C(=O)CN. The second-order valence-electron chi connectivity index (χ2n) is 4.46. The number of rotatable bonds is 8. The molecule has 0 aromatic carbocycles. The van der Waals surface area contributed by atoms with Gasteiger partial charge >= 0.3 is 0 Å². The van der Waals surface area contributed by atoms with Crippen molar-refractivity contribution in [1.82, 2.24) is 9.80 Å². The van der Waals surface area contributed by atoms with E-state index in [2.05, 4.69) is 32.6 Å². The van der Waals surface area contributed by atoms with Gasteiger partial charge in [-0.05, 0) is 19.0 Å². The van der Waals surface area contributed by atoms with Crippen LogP contribution in [0.15, 0.2) is 0 Å². The summed E-state index contributed by atoms with van der Waals surface area (Å²) in [6.45, 7) is 13.2. The van der Waals surface area contributed by atoms with Gasteiger partial charge in [0.05, 0.1) is 6.54 Å². The zero-order chi connectivity index (χ0) is 12.6. The van der Waals surface area contributed by atoms with Gasteiger partial charge in [0.15, 0.2) is 0 Å². The van der Waals surface area contributed by atoms with Gasteiger partial charge in [0.1, 0.15) is 0 Å². The molecule has 16 heavy (non-hydrogen) atoms. The molecule has 0 aliphatic heterocycles. The van der Waals surface area contributed by atoms with E-state index >= 15 is 0 Å². The molecule has 96 valence electrons. The Morgan fingerprint density at radius 3 is 2.12 bits per heavy atom. The number of amides is 1. The third-order valence-electron chi connectivity index (χ3n) is 2.69. The summed E-state index contributed by atoms with van der Waals surface area (Å²) in [4.78, 5) is 15.8. The highest BCUT2D eigenvalue weighted by atomic mass is 16.2. The summed E-state index contributed by atoms with van der Waals surface area (Å²) in [6, 6.07) is 0. The molecule has 0 aliphatic carbocycles. The number of nitrogens with two attached hydrogens (primary N) is 1. The van der Waals surface area contributed by atoms with Gasteiger partial charge in [-0.1, -0.05) is 27.7 Å². The Kier molecular flexibility index (Phi) is 8.21. The Hall–Kier alpha value is -0.610. The van der Waals surface area contributed by atoms with E-state index in [4.69, 9.17) is 5.73 Å². The molecule has 0 rings (SSSR count). The quantitative estimate of drug-likeness (QED) is 0.669. The maximum atomic E-state index is 11.6. The molecule has 0 aliphatic rings. The van der Waals surface area contributed by atoms with E-state index in [0.29, 0.717) is 5.92 Å². The zero-order valence-electron chi connectivity index (χ0n) is 11.2. The van der Waals surface area contributed by atoms with Crippen molar-refractivity contribution in [2.75, 3.05) is 39.3 Å². The second-order valence-corrected chi connectivity index (χ2v) is 4.46.